The van der Waals surface area contributed by atoms with Crippen LogP contribution in [0.5, 0.6) is 17.2 Å². The first-order chi connectivity index (χ1) is 19.3. The summed E-state index contributed by atoms with van der Waals surface area (Å²) in [5.74, 6) is 2.13. The van der Waals surface area contributed by atoms with E-state index in [1.165, 1.54) is 5.39 Å². The van der Waals surface area contributed by atoms with Gasteiger partial charge in [0.05, 0.1) is 39.6 Å². The molecule has 200 valence electrons. The normalized spacial score (nSPS) is 20.3. The lowest BCUT2D eigenvalue weighted by Gasteiger charge is -2.36. The Bertz CT molecular complexity index is 1430. The maximum atomic E-state index is 6.93. The summed E-state index contributed by atoms with van der Waals surface area (Å²) in [5.41, 5.74) is 2.20. The lowest BCUT2D eigenvalue weighted by molar-refractivity contribution is 0.00708. The highest BCUT2D eigenvalue weighted by Crippen LogP contribution is 2.45. The van der Waals surface area contributed by atoms with Crippen LogP contribution in [0.25, 0.3) is 16.8 Å². The average Bonchev–Trinajstić information content (AvgIpc) is 3.00. The minimum atomic E-state index is -0.844. The summed E-state index contributed by atoms with van der Waals surface area (Å²) >= 11 is 0. The first-order valence-corrected chi connectivity index (χ1v) is 13.4. The molecule has 0 radical (unpaired) electrons. The van der Waals surface area contributed by atoms with Crippen molar-refractivity contribution in [1.29, 1.82) is 0 Å². The van der Waals surface area contributed by atoms with Crippen LogP contribution < -0.4 is 14.2 Å². The molecule has 6 nitrogen and oxygen atoms in total. The molecule has 6 rings (SSSR count). The molecule has 39 heavy (non-hydrogen) atoms. The van der Waals surface area contributed by atoms with Gasteiger partial charge in [0.25, 0.3) is 0 Å². The van der Waals surface area contributed by atoms with Gasteiger partial charge in [0.1, 0.15) is 19.0 Å². The molecule has 4 aromatic rings. The molecule has 2 heterocycles. The van der Waals surface area contributed by atoms with Crippen molar-refractivity contribution in [1.82, 2.24) is 0 Å². The van der Waals surface area contributed by atoms with Crippen LogP contribution in [0.1, 0.15) is 16.7 Å². The standard InChI is InChI=1S/C33H32O6/c1-2-7-26(8-3-1)33(15-14-29-28-9-5-4-6-25(28)10-12-30(29)39-33)27-11-13-31-32(24-27)38-23-21-36-19-17-34-16-18-35-20-22-37-31/h1-15,24H,16-23H2/t33-/m0/s1. The molecule has 6 heteroatoms. The molecule has 2 aliphatic heterocycles. The molecule has 0 aliphatic carbocycles. The Hall–Kier alpha value is -3.84. The van der Waals surface area contributed by atoms with Gasteiger partial charge in [-0.15, -0.1) is 0 Å². The van der Waals surface area contributed by atoms with E-state index < -0.39 is 5.60 Å². The number of ether oxygens (including phenoxy) is 6. The fourth-order valence-corrected chi connectivity index (χ4v) is 5.04. The zero-order valence-electron chi connectivity index (χ0n) is 21.8. The minimum Gasteiger partial charge on any atom is -0.487 e. The molecule has 2 aliphatic rings. The van der Waals surface area contributed by atoms with Crippen molar-refractivity contribution < 1.29 is 28.4 Å². The van der Waals surface area contributed by atoms with Crippen molar-refractivity contribution in [3.63, 3.8) is 0 Å². The number of hydrogen-bond donors (Lipinski definition) is 0. The van der Waals surface area contributed by atoms with E-state index in [9.17, 15) is 0 Å². The summed E-state index contributed by atoms with van der Waals surface area (Å²) < 4.78 is 36.0. The predicted octanol–water partition coefficient (Wildman–Crippen LogP) is 6.01. The lowest BCUT2D eigenvalue weighted by atomic mass is 9.83. The van der Waals surface area contributed by atoms with Gasteiger partial charge in [0.15, 0.2) is 17.1 Å². The van der Waals surface area contributed by atoms with Crippen molar-refractivity contribution >= 4 is 16.8 Å². The summed E-state index contributed by atoms with van der Waals surface area (Å²) in [4.78, 5) is 0. The minimum absolute atomic E-state index is 0.389. The van der Waals surface area contributed by atoms with Gasteiger partial charge in [0.2, 0.25) is 0 Å². The maximum Gasteiger partial charge on any atom is 0.178 e. The van der Waals surface area contributed by atoms with Gasteiger partial charge >= 0.3 is 0 Å². The van der Waals surface area contributed by atoms with Crippen LogP contribution >= 0.6 is 0 Å². The summed E-state index contributed by atoms with van der Waals surface area (Å²) in [6.07, 6.45) is 4.32. The molecule has 0 saturated carbocycles. The molecule has 0 fully saturated rings. The fourth-order valence-electron chi connectivity index (χ4n) is 5.04. The molecule has 0 unspecified atom stereocenters. The molecule has 1 atom stereocenters. The van der Waals surface area contributed by atoms with Gasteiger partial charge in [-0.25, -0.2) is 0 Å². The van der Waals surface area contributed by atoms with Gasteiger partial charge in [-0.1, -0.05) is 66.7 Å². The van der Waals surface area contributed by atoms with Crippen molar-refractivity contribution in [3.05, 3.63) is 108 Å². The van der Waals surface area contributed by atoms with Crippen LogP contribution in [-0.2, 0) is 19.8 Å². The number of fused-ring (bicyclic) bond motifs is 4. The lowest BCUT2D eigenvalue weighted by Crippen LogP contribution is -2.34. The molecule has 0 spiro atoms. The molecule has 0 N–H and O–H groups in total. The van der Waals surface area contributed by atoms with Crippen LogP contribution in [-0.4, -0.2) is 52.9 Å². The van der Waals surface area contributed by atoms with Crippen molar-refractivity contribution in [2.24, 2.45) is 0 Å². The SMILES string of the molecule is C1=C[C@](c2ccccc2)(c2ccc3c(c2)OCCOCCOCCOCCO3)Oc2ccc3ccccc3c21. The molecular formula is C33H32O6. The highest BCUT2D eigenvalue weighted by molar-refractivity contribution is 5.94. The van der Waals surface area contributed by atoms with E-state index in [4.69, 9.17) is 28.4 Å². The Balaban J connectivity index is 1.38. The van der Waals surface area contributed by atoms with E-state index in [1.807, 2.05) is 36.4 Å². The van der Waals surface area contributed by atoms with Crippen LogP contribution in [0.2, 0.25) is 0 Å². The third kappa shape index (κ3) is 5.50. The third-order valence-corrected chi connectivity index (χ3v) is 6.98. The van der Waals surface area contributed by atoms with Gasteiger partial charge in [-0.2, -0.15) is 0 Å². The van der Waals surface area contributed by atoms with E-state index in [0.717, 1.165) is 27.8 Å². The highest BCUT2D eigenvalue weighted by Gasteiger charge is 2.38. The molecule has 0 bridgehead atoms. The maximum absolute atomic E-state index is 6.93. The molecule has 0 saturated heterocycles. The van der Waals surface area contributed by atoms with Gasteiger partial charge < -0.3 is 28.4 Å². The van der Waals surface area contributed by atoms with E-state index in [0.29, 0.717) is 64.4 Å². The smallest absolute Gasteiger partial charge is 0.178 e. The topological polar surface area (TPSA) is 55.4 Å². The van der Waals surface area contributed by atoms with Crippen molar-refractivity contribution in [2.45, 2.75) is 5.60 Å². The van der Waals surface area contributed by atoms with Gasteiger partial charge in [0, 0.05) is 16.7 Å². The van der Waals surface area contributed by atoms with Crippen molar-refractivity contribution in [2.75, 3.05) is 52.9 Å². The molecule has 0 amide bonds. The highest BCUT2D eigenvalue weighted by atomic mass is 16.6. The Labute approximate surface area is 228 Å². The first kappa shape index (κ1) is 25.4. The zero-order chi connectivity index (χ0) is 26.3. The summed E-state index contributed by atoms with van der Waals surface area (Å²) in [5, 5.41) is 2.35. The Morgan fingerprint density at radius 3 is 1.92 bits per heavy atom. The summed E-state index contributed by atoms with van der Waals surface area (Å²) in [6.45, 7) is 3.81. The van der Waals surface area contributed by atoms with Crippen LogP contribution in [0.3, 0.4) is 0 Å². The van der Waals surface area contributed by atoms with E-state index in [-0.39, 0.29) is 0 Å². The van der Waals surface area contributed by atoms with Gasteiger partial charge in [-0.3, -0.25) is 0 Å². The van der Waals surface area contributed by atoms with E-state index >= 15 is 0 Å². The van der Waals surface area contributed by atoms with Crippen molar-refractivity contribution in [3.8, 4) is 17.2 Å². The average molecular weight is 525 g/mol. The quantitative estimate of drug-likeness (QED) is 0.320. The summed E-state index contributed by atoms with van der Waals surface area (Å²) in [7, 11) is 0. The second kappa shape index (κ2) is 11.9. The number of rotatable bonds is 2. The monoisotopic (exact) mass is 524 g/mol. The molecule has 0 aromatic heterocycles. The number of benzene rings is 4. The number of hydrogen-bond acceptors (Lipinski definition) is 6. The Morgan fingerprint density at radius 2 is 1.15 bits per heavy atom. The second-order valence-corrected chi connectivity index (χ2v) is 9.43. The first-order valence-electron chi connectivity index (χ1n) is 13.4. The van der Waals surface area contributed by atoms with Gasteiger partial charge in [-0.05, 0) is 41.1 Å². The van der Waals surface area contributed by atoms with Crippen LogP contribution in [0, 0.1) is 0 Å². The van der Waals surface area contributed by atoms with Crippen LogP contribution in [0.4, 0.5) is 0 Å². The molecular weight excluding hydrogens is 492 g/mol. The largest absolute Gasteiger partial charge is 0.487 e. The Kier molecular flexibility index (Phi) is 7.77. The second-order valence-electron chi connectivity index (χ2n) is 9.43. The Morgan fingerprint density at radius 1 is 0.513 bits per heavy atom. The zero-order valence-corrected chi connectivity index (χ0v) is 21.8. The van der Waals surface area contributed by atoms with Crippen LogP contribution in [0.15, 0.2) is 91.0 Å². The van der Waals surface area contributed by atoms with E-state index in [1.54, 1.807) is 0 Å². The third-order valence-electron chi connectivity index (χ3n) is 6.98. The summed E-state index contributed by atoms with van der Waals surface area (Å²) in [6, 6.07) is 28.8. The van der Waals surface area contributed by atoms with E-state index in [2.05, 4.69) is 60.7 Å². The molecule has 4 aromatic carbocycles. The predicted molar refractivity (Wildman–Crippen MR) is 151 cm³/mol. The fraction of sp³-hybridized carbons (Fsp3) is 0.273.